The van der Waals surface area contributed by atoms with Crippen LogP contribution < -0.4 is 15.5 Å². The summed E-state index contributed by atoms with van der Waals surface area (Å²) in [4.78, 5) is 25.2. The van der Waals surface area contributed by atoms with Crippen LogP contribution in [0.2, 0.25) is 5.02 Å². The summed E-state index contributed by atoms with van der Waals surface area (Å²) in [5, 5.41) is 16.3. The number of amides is 1. The number of benzene rings is 1. The number of piperidine rings is 1. The summed E-state index contributed by atoms with van der Waals surface area (Å²) in [6.07, 6.45) is 2.75. The molecule has 0 saturated carbocycles. The van der Waals surface area contributed by atoms with E-state index in [0.29, 0.717) is 34.6 Å². The molecule has 3 heterocycles. The number of aromatic nitrogens is 2. The first-order valence-electron chi connectivity index (χ1n) is 9.29. The van der Waals surface area contributed by atoms with E-state index in [1.54, 1.807) is 19.0 Å². The maximum absolute atomic E-state index is 12.9. The molecule has 4 rings (SSSR count). The molecule has 0 spiro atoms. The summed E-state index contributed by atoms with van der Waals surface area (Å²) in [7, 11) is 3.53. The summed E-state index contributed by atoms with van der Waals surface area (Å²) < 4.78 is 0. The smallest absolute Gasteiger partial charge is 0.256 e. The number of halogens is 1. The zero-order valence-electron chi connectivity index (χ0n) is 15.9. The Hall–Kier alpha value is -2.58. The van der Waals surface area contributed by atoms with Gasteiger partial charge in [-0.2, -0.15) is 4.98 Å². The molecule has 1 amide bonds. The molecular weight excluding hydrogens is 380 g/mol. The second-order valence-corrected chi connectivity index (χ2v) is 7.54. The fraction of sp³-hybridized carbons (Fsp3) is 0.421. The number of nitrogens with one attached hydrogen (secondary N) is 2. The number of fused-ring (bicyclic) bond motifs is 1. The predicted octanol–water partition coefficient (Wildman–Crippen LogP) is 2.46. The zero-order valence-corrected chi connectivity index (χ0v) is 16.6. The van der Waals surface area contributed by atoms with Gasteiger partial charge in [0.25, 0.3) is 5.91 Å². The van der Waals surface area contributed by atoms with Crippen molar-refractivity contribution < 1.29 is 9.90 Å². The summed E-state index contributed by atoms with van der Waals surface area (Å²) in [6.45, 7) is 2.11. The first-order chi connectivity index (χ1) is 13.5. The number of hydrogen-bond donors (Lipinski definition) is 3. The van der Waals surface area contributed by atoms with Gasteiger partial charge in [0.05, 0.1) is 23.6 Å². The molecule has 0 unspecified atom stereocenters. The first kappa shape index (κ1) is 18.8. The van der Waals surface area contributed by atoms with Gasteiger partial charge in [-0.3, -0.25) is 4.79 Å². The number of rotatable bonds is 4. The zero-order chi connectivity index (χ0) is 19.8. The van der Waals surface area contributed by atoms with Crippen LogP contribution in [0.15, 0.2) is 18.3 Å². The highest BCUT2D eigenvalue weighted by Gasteiger charge is 2.32. The molecule has 1 aromatic carbocycles. The Labute approximate surface area is 168 Å². The van der Waals surface area contributed by atoms with E-state index >= 15 is 0 Å². The molecule has 9 heteroatoms. The van der Waals surface area contributed by atoms with Gasteiger partial charge in [0, 0.05) is 45.0 Å². The minimum atomic E-state index is -0.240. The van der Waals surface area contributed by atoms with Crippen molar-refractivity contribution in [1.29, 1.82) is 0 Å². The van der Waals surface area contributed by atoms with E-state index in [-0.39, 0.29) is 12.0 Å². The molecule has 0 radical (unpaired) electrons. The van der Waals surface area contributed by atoms with Crippen molar-refractivity contribution >= 4 is 40.6 Å². The average Bonchev–Trinajstić information content (AvgIpc) is 3.00. The Balaban J connectivity index is 1.72. The molecule has 0 bridgehead atoms. The Morgan fingerprint density at radius 3 is 2.75 bits per heavy atom. The maximum Gasteiger partial charge on any atom is 0.256 e. The largest absolute Gasteiger partial charge is 0.393 e. The van der Waals surface area contributed by atoms with Crippen molar-refractivity contribution in [3.63, 3.8) is 0 Å². The Morgan fingerprint density at radius 1 is 1.29 bits per heavy atom. The summed E-state index contributed by atoms with van der Waals surface area (Å²) >= 11 is 6.24. The Morgan fingerprint density at radius 2 is 2.04 bits per heavy atom. The van der Waals surface area contributed by atoms with Gasteiger partial charge in [0.1, 0.15) is 5.02 Å². The number of aliphatic hydroxyl groups excluding tert-OH is 1. The molecule has 28 heavy (non-hydrogen) atoms. The monoisotopic (exact) mass is 402 g/mol. The molecule has 148 valence electrons. The third-order valence-electron chi connectivity index (χ3n) is 5.27. The minimum absolute atomic E-state index is 0.0320. The molecule has 1 aromatic heterocycles. The highest BCUT2D eigenvalue weighted by atomic mass is 35.5. The fourth-order valence-corrected chi connectivity index (χ4v) is 3.89. The van der Waals surface area contributed by atoms with Crippen LogP contribution in [-0.2, 0) is 6.54 Å². The van der Waals surface area contributed by atoms with Crippen molar-refractivity contribution in [1.82, 2.24) is 14.9 Å². The van der Waals surface area contributed by atoms with E-state index in [4.69, 9.17) is 11.6 Å². The lowest BCUT2D eigenvalue weighted by molar-refractivity contribution is 0.0817. The second-order valence-electron chi connectivity index (χ2n) is 7.13. The van der Waals surface area contributed by atoms with Gasteiger partial charge in [0.15, 0.2) is 5.82 Å². The molecule has 0 atom stereocenters. The molecule has 1 saturated heterocycles. The summed E-state index contributed by atoms with van der Waals surface area (Å²) in [6, 6.07) is 3.92. The van der Waals surface area contributed by atoms with Crippen LogP contribution in [0.5, 0.6) is 0 Å². The maximum atomic E-state index is 12.9. The number of aliphatic hydroxyl groups is 1. The third kappa shape index (κ3) is 3.33. The number of anilines is 4. The molecule has 3 N–H and O–H groups in total. The minimum Gasteiger partial charge on any atom is -0.393 e. The third-order valence-corrected chi connectivity index (χ3v) is 5.55. The summed E-state index contributed by atoms with van der Waals surface area (Å²) in [5.74, 6) is 0.852. The Kier molecular flexibility index (Phi) is 4.99. The van der Waals surface area contributed by atoms with Crippen LogP contribution in [0, 0.1) is 0 Å². The van der Waals surface area contributed by atoms with Gasteiger partial charge in [0.2, 0.25) is 5.95 Å². The van der Waals surface area contributed by atoms with Crippen molar-refractivity contribution in [2.24, 2.45) is 0 Å². The van der Waals surface area contributed by atoms with Gasteiger partial charge < -0.3 is 25.5 Å². The van der Waals surface area contributed by atoms with Gasteiger partial charge in [-0.1, -0.05) is 11.6 Å². The molecule has 2 aliphatic heterocycles. The standard InChI is InChI=1S/C19H23ClN6O2/c1-21-19-22-9-13(20)17(24-19)23-14-3-4-15(26-7-5-11(27)6-8-26)12-10-25(2)18(28)16(12)14/h3-4,9,11,27H,5-8,10H2,1-2H3,(H2,21,22,23,24). The van der Waals surface area contributed by atoms with Crippen LogP contribution in [0.25, 0.3) is 0 Å². The lowest BCUT2D eigenvalue weighted by Crippen LogP contribution is -2.36. The molecule has 1 fully saturated rings. The second kappa shape index (κ2) is 7.44. The van der Waals surface area contributed by atoms with Crippen molar-refractivity contribution in [3.8, 4) is 0 Å². The highest BCUT2D eigenvalue weighted by Crippen LogP contribution is 2.38. The molecule has 2 aromatic rings. The molecule has 2 aliphatic rings. The predicted molar refractivity (Wildman–Crippen MR) is 110 cm³/mol. The molecule has 8 nitrogen and oxygen atoms in total. The van der Waals surface area contributed by atoms with E-state index < -0.39 is 0 Å². The number of carbonyl (C=O) groups excluding carboxylic acids is 1. The SMILES string of the molecule is CNc1ncc(Cl)c(Nc2ccc(N3CCC(O)CC3)c3c2C(=O)N(C)C3)n1. The molecule has 0 aliphatic carbocycles. The van der Waals surface area contributed by atoms with Crippen LogP contribution >= 0.6 is 11.6 Å². The lowest BCUT2D eigenvalue weighted by atomic mass is 10.0. The van der Waals surface area contributed by atoms with Gasteiger partial charge in [-0.25, -0.2) is 4.98 Å². The van der Waals surface area contributed by atoms with Crippen molar-refractivity contribution in [3.05, 3.63) is 34.5 Å². The normalized spacial score (nSPS) is 17.1. The topological polar surface area (TPSA) is 93.6 Å². The van der Waals surface area contributed by atoms with E-state index in [9.17, 15) is 9.90 Å². The van der Waals surface area contributed by atoms with E-state index in [0.717, 1.165) is 37.2 Å². The first-order valence-corrected chi connectivity index (χ1v) is 9.67. The quantitative estimate of drug-likeness (QED) is 0.723. The van der Waals surface area contributed by atoms with Gasteiger partial charge in [-0.05, 0) is 25.0 Å². The van der Waals surface area contributed by atoms with E-state index in [2.05, 4.69) is 25.5 Å². The van der Waals surface area contributed by atoms with Crippen LogP contribution in [0.4, 0.5) is 23.1 Å². The molecular formula is C19H23ClN6O2. The van der Waals surface area contributed by atoms with E-state index in [1.165, 1.54) is 6.20 Å². The van der Waals surface area contributed by atoms with Crippen molar-refractivity contribution in [2.45, 2.75) is 25.5 Å². The average molecular weight is 403 g/mol. The summed E-state index contributed by atoms with van der Waals surface area (Å²) in [5.41, 5.74) is 3.36. The van der Waals surface area contributed by atoms with E-state index in [1.807, 2.05) is 12.1 Å². The van der Waals surface area contributed by atoms with Crippen LogP contribution in [-0.4, -0.2) is 59.2 Å². The number of carbonyl (C=O) groups is 1. The Bertz CT molecular complexity index is 914. The highest BCUT2D eigenvalue weighted by molar-refractivity contribution is 6.33. The van der Waals surface area contributed by atoms with Crippen molar-refractivity contribution in [2.75, 3.05) is 42.7 Å². The number of nitrogens with zero attached hydrogens (tertiary/aromatic N) is 4. The van der Waals surface area contributed by atoms with Crippen LogP contribution in [0.1, 0.15) is 28.8 Å². The lowest BCUT2D eigenvalue weighted by Gasteiger charge is -2.33. The fourth-order valence-electron chi connectivity index (χ4n) is 3.75. The van der Waals surface area contributed by atoms with Crippen LogP contribution in [0.3, 0.4) is 0 Å². The number of hydrogen-bond acceptors (Lipinski definition) is 7. The van der Waals surface area contributed by atoms with Gasteiger partial charge in [-0.15, -0.1) is 0 Å². The van der Waals surface area contributed by atoms with Gasteiger partial charge >= 0.3 is 0 Å².